The summed E-state index contributed by atoms with van der Waals surface area (Å²) in [6, 6.07) is 11.8. The fourth-order valence-electron chi connectivity index (χ4n) is 4.33. The molecule has 2 heterocycles. The summed E-state index contributed by atoms with van der Waals surface area (Å²) in [5.74, 6) is -1.29. The smallest absolute Gasteiger partial charge is 0.265 e. The largest absolute Gasteiger partial charge is 0.496 e. The first-order chi connectivity index (χ1) is 17.3. The first kappa shape index (κ1) is 25.2. The minimum atomic E-state index is -0.562. The average molecular weight is 506 g/mol. The summed E-state index contributed by atoms with van der Waals surface area (Å²) in [5, 5.41) is 2.71. The first-order valence-corrected chi connectivity index (χ1v) is 12.3. The van der Waals surface area contributed by atoms with Crippen molar-refractivity contribution in [3.8, 4) is 5.75 Å². The normalized spacial score (nSPS) is 16.6. The van der Waals surface area contributed by atoms with Gasteiger partial charge in [0.2, 0.25) is 0 Å². The maximum atomic E-state index is 13.1. The molecule has 0 atom stereocenters. The Balaban J connectivity index is 1.59. The second-order valence-electron chi connectivity index (χ2n) is 8.65. The molecule has 0 radical (unpaired) electrons. The standard InChI is InChI=1S/C27H27N3O5S/c1-3-4-5-8-13-29-26(34)21(23(31)28-27(29)36)15-17-11-12-22(35-2)18(14-17)16-30-24(32)19-9-6-7-10-20(19)25(30)33/h6-7,9-12,14-15H,3-5,8,13,16H2,1-2H3,(H,28,31,36)/b21-15+. The first-order valence-electron chi connectivity index (χ1n) is 11.9. The molecule has 0 aliphatic carbocycles. The molecule has 36 heavy (non-hydrogen) atoms. The van der Waals surface area contributed by atoms with Crippen molar-refractivity contribution in [3.63, 3.8) is 0 Å². The summed E-state index contributed by atoms with van der Waals surface area (Å²) in [6.45, 7) is 2.53. The monoisotopic (exact) mass is 505 g/mol. The Hall–Kier alpha value is -3.85. The molecule has 9 heteroatoms. The number of ether oxygens (including phenoxy) is 1. The van der Waals surface area contributed by atoms with E-state index >= 15 is 0 Å². The van der Waals surface area contributed by atoms with Crippen molar-refractivity contribution in [2.45, 2.75) is 39.2 Å². The summed E-state index contributed by atoms with van der Waals surface area (Å²) in [4.78, 5) is 53.9. The van der Waals surface area contributed by atoms with Crippen molar-refractivity contribution < 1.29 is 23.9 Å². The number of unbranched alkanes of at least 4 members (excludes halogenated alkanes) is 3. The third-order valence-corrected chi connectivity index (χ3v) is 6.57. The molecule has 186 valence electrons. The van der Waals surface area contributed by atoms with Gasteiger partial charge in [-0.05, 0) is 54.5 Å². The van der Waals surface area contributed by atoms with Crippen molar-refractivity contribution in [3.05, 3.63) is 70.3 Å². The molecule has 0 bridgehead atoms. The van der Waals surface area contributed by atoms with Crippen LogP contribution in [0.15, 0.2) is 48.0 Å². The maximum Gasteiger partial charge on any atom is 0.265 e. The number of imide groups is 1. The lowest BCUT2D eigenvalue weighted by molar-refractivity contribution is -0.128. The van der Waals surface area contributed by atoms with Gasteiger partial charge >= 0.3 is 0 Å². The highest BCUT2D eigenvalue weighted by molar-refractivity contribution is 7.80. The molecular weight excluding hydrogens is 478 g/mol. The van der Waals surface area contributed by atoms with E-state index < -0.39 is 11.8 Å². The Morgan fingerprint density at radius 1 is 0.917 bits per heavy atom. The van der Waals surface area contributed by atoms with E-state index in [0.29, 0.717) is 34.5 Å². The molecule has 2 aliphatic rings. The van der Waals surface area contributed by atoms with Gasteiger partial charge in [-0.15, -0.1) is 0 Å². The highest BCUT2D eigenvalue weighted by Crippen LogP contribution is 2.29. The van der Waals surface area contributed by atoms with Gasteiger partial charge in [-0.3, -0.25) is 34.3 Å². The van der Waals surface area contributed by atoms with E-state index in [4.69, 9.17) is 17.0 Å². The van der Waals surface area contributed by atoms with E-state index in [2.05, 4.69) is 12.2 Å². The van der Waals surface area contributed by atoms with E-state index in [1.54, 1.807) is 42.5 Å². The van der Waals surface area contributed by atoms with Crippen molar-refractivity contribution >= 4 is 47.0 Å². The molecule has 2 aromatic rings. The minimum absolute atomic E-state index is 0.0136. The Morgan fingerprint density at radius 2 is 1.61 bits per heavy atom. The fourth-order valence-corrected chi connectivity index (χ4v) is 4.59. The molecule has 0 aromatic heterocycles. The fraction of sp³-hybridized carbons (Fsp3) is 0.296. The minimum Gasteiger partial charge on any atom is -0.496 e. The van der Waals surface area contributed by atoms with Crippen LogP contribution < -0.4 is 10.1 Å². The van der Waals surface area contributed by atoms with Crippen LogP contribution in [0.2, 0.25) is 0 Å². The molecule has 1 fully saturated rings. The van der Waals surface area contributed by atoms with E-state index in [1.165, 1.54) is 18.1 Å². The Kier molecular flexibility index (Phi) is 7.59. The van der Waals surface area contributed by atoms with Crippen LogP contribution in [0.3, 0.4) is 0 Å². The third kappa shape index (κ3) is 4.92. The molecule has 0 unspecified atom stereocenters. The number of fused-ring (bicyclic) bond motifs is 1. The molecule has 1 N–H and O–H groups in total. The van der Waals surface area contributed by atoms with Crippen molar-refractivity contribution in [2.75, 3.05) is 13.7 Å². The van der Waals surface area contributed by atoms with Crippen molar-refractivity contribution in [1.82, 2.24) is 15.1 Å². The highest BCUT2D eigenvalue weighted by atomic mass is 32.1. The van der Waals surface area contributed by atoms with Crippen molar-refractivity contribution in [2.24, 2.45) is 0 Å². The lowest BCUT2D eigenvalue weighted by Gasteiger charge is -2.29. The SMILES string of the molecule is CCCCCCN1C(=O)/C(=C/c2ccc(OC)c(CN3C(=O)c4ccccc4C3=O)c2)C(=O)NC1=S. The van der Waals surface area contributed by atoms with E-state index in [0.717, 1.165) is 30.6 Å². The number of rotatable bonds is 9. The van der Waals surface area contributed by atoms with Gasteiger partial charge in [-0.25, -0.2) is 0 Å². The number of benzene rings is 2. The predicted molar refractivity (Wildman–Crippen MR) is 138 cm³/mol. The number of nitrogens with one attached hydrogen (secondary N) is 1. The quantitative estimate of drug-likeness (QED) is 0.184. The second kappa shape index (κ2) is 10.8. The molecule has 1 saturated heterocycles. The van der Waals surface area contributed by atoms with Crippen LogP contribution in [0, 0.1) is 0 Å². The maximum absolute atomic E-state index is 13.1. The van der Waals surface area contributed by atoms with Gasteiger partial charge in [0, 0.05) is 12.1 Å². The Morgan fingerprint density at radius 3 is 2.25 bits per heavy atom. The van der Waals surface area contributed by atoms with Crippen molar-refractivity contribution in [1.29, 1.82) is 0 Å². The molecule has 4 rings (SSSR count). The molecule has 8 nitrogen and oxygen atoms in total. The Bertz CT molecular complexity index is 1250. The predicted octanol–water partition coefficient (Wildman–Crippen LogP) is 3.70. The number of carbonyl (C=O) groups excluding carboxylic acids is 4. The summed E-state index contributed by atoms with van der Waals surface area (Å²) >= 11 is 5.22. The van der Waals surface area contributed by atoms with Crippen LogP contribution >= 0.6 is 12.2 Å². The molecule has 0 spiro atoms. The third-order valence-electron chi connectivity index (χ3n) is 6.24. The summed E-state index contributed by atoms with van der Waals surface area (Å²) in [5.41, 5.74) is 1.81. The number of nitrogens with zero attached hydrogens (tertiary/aromatic N) is 2. The van der Waals surface area contributed by atoms with Crippen LogP contribution in [0.1, 0.15) is 64.4 Å². The van der Waals surface area contributed by atoms with Crippen LogP contribution in [-0.4, -0.2) is 52.2 Å². The molecule has 0 saturated carbocycles. The van der Waals surface area contributed by atoms with Crippen LogP contribution in [0.4, 0.5) is 0 Å². The number of hydrogen-bond donors (Lipinski definition) is 1. The summed E-state index contributed by atoms with van der Waals surface area (Å²) in [7, 11) is 1.49. The van der Waals surface area contributed by atoms with Crippen LogP contribution in [0.25, 0.3) is 6.08 Å². The number of carbonyl (C=O) groups is 4. The second-order valence-corrected chi connectivity index (χ2v) is 9.03. The van der Waals surface area contributed by atoms with Gasteiger partial charge in [0.05, 0.1) is 24.8 Å². The zero-order chi connectivity index (χ0) is 25.8. The van der Waals surface area contributed by atoms with Crippen LogP contribution in [-0.2, 0) is 16.1 Å². The van der Waals surface area contributed by atoms with Gasteiger partial charge < -0.3 is 4.74 Å². The van der Waals surface area contributed by atoms with Gasteiger partial charge in [-0.2, -0.15) is 0 Å². The van der Waals surface area contributed by atoms with E-state index in [9.17, 15) is 19.2 Å². The summed E-state index contributed by atoms with van der Waals surface area (Å²) in [6.07, 6.45) is 5.38. The van der Waals surface area contributed by atoms with E-state index in [1.807, 2.05) is 0 Å². The Labute approximate surface area is 214 Å². The average Bonchev–Trinajstić information content (AvgIpc) is 3.11. The summed E-state index contributed by atoms with van der Waals surface area (Å²) < 4.78 is 5.44. The number of methoxy groups -OCH3 is 1. The van der Waals surface area contributed by atoms with Gasteiger partial charge in [0.25, 0.3) is 23.6 Å². The van der Waals surface area contributed by atoms with Gasteiger partial charge in [0.15, 0.2) is 5.11 Å². The molecule has 4 amide bonds. The molecule has 2 aliphatic heterocycles. The van der Waals surface area contributed by atoms with Gasteiger partial charge in [-0.1, -0.05) is 44.4 Å². The zero-order valence-corrected chi connectivity index (χ0v) is 21.0. The van der Waals surface area contributed by atoms with E-state index in [-0.39, 0.29) is 29.0 Å². The lowest BCUT2D eigenvalue weighted by atomic mass is 10.0. The van der Waals surface area contributed by atoms with Crippen LogP contribution in [0.5, 0.6) is 5.75 Å². The number of thiocarbonyl (C=S) groups is 1. The number of amides is 4. The zero-order valence-electron chi connectivity index (χ0n) is 20.2. The van der Waals surface area contributed by atoms with Gasteiger partial charge in [0.1, 0.15) is 11.3 Å². The molecular formula is C27H27N3O5S. The lowest BCUT2D eigenvalue weighted by Crippen LogP contribution is -2.54. The topological polar surface area (TPSA) is 96.0 Å². The molecule has 2 aromatic carbocycles. The number of hydrogen-bond acceptors (Lipinski definition) is 6. The highest BCUT2D eigenvalue weighted by Gasteiger charge is 2.36.